The van der Waals surface area contributed by atoms with Crippen LogP contribution in [0.3, 0.4) is 0 Å². The molecule has 0 fully saturated rings. The summed E-state index contributed by atoms with van der Waals surface area (Å²) < 4.78 is 40.1. The molecule has 2 heterocycles. The molecule has 0 aliphatic heterocycles. The van der Waals surface area contributed by atoms with E-state index in [4.69, 9.17) is 25.2 Å². The Hall–Kier alpha value is -2.83. The maximum absolute atomic E-state index is 14.1. The number of rotatable bonds is 5. The maximum atomic E-state index is 14.1. The number of aromatic nitrogens is 2. The zero-order valence-electron chi connectivity index (χ0n) is 14.7. The third kappa shape index (κ3) is 3.41. The first-order valence-electron chi connectivity index (χ1n) is 8.12. The van der Waals surface area contributed by atoms with E-state index in [9.17, 15) is 13.6 Å². The molecule has 9 heteroatoms. The van der Waals surface area contributed by atoms with Crippen LogP contribution in [0.1, 0.15) is 28.7 Å². The van der Waals surface area contributed by atoms with Crippen molar-refractivity contribution < 1.29 is 23.0 Å². The summed E-state index contributed by atoms with van der Waals surface area (Å²) in [4.78, 5) is 16.5. The second-order valence-corrected chi connectivity index (χ2v) is 5.82. The fraction of sp³-hybridized carbons (Fsp3) is 0.222. The number of carbonyl (C=O) groups excluding carboxylic acids is 1. The number of fused-ring (bicyclic) bond motifs is 1. The number of nitrogens with zero attached hydrogens (tertiary/aromatic N) is 2. The quantitative estimate of drug-likeness (QED) is 0.515. The lowest BCUT2D eigenvalue weighted by atomic mass is 9.60. The summed E-state index contributed by atoms with van der Waals surface area (Å²) in [7, 11) is 11.7. The zero-order chi connectivity index (χ0) is 19.8. The smallest absolute Gasteiger partial charge is 0.357 e. The summed E-state index contributed by atoms with van der Waals surface area (Å²) in [6, 6.07) is 6.27. The van der Waals surface area contributed by atoms with Gasteiger partial charge in [0.1, 0.15) is 27.3 Å². The van der Waals surface area contributed by atoms with E-state index in [1.807, 2.05) is 0 Å². The van der Waals surface area contributed by atoms with E-state index in [1.54, 1.807) is 26.1 Å². The first kappa shape index (κ1) is 18.9. The van der Waals surface area contributed by atoms with Gasteiger partial charge in [0.05, 0.1) is 17.7 Å². The molecule has 0 unspecified atom stereocenters. The van der Waals surface area contributed by atoms with Gasteiger partial charge in [-0.05, 0) is 38.1 Å². The van der Waals surface area contributed by atoms with Crippen LogP contribution in [0.4, 0.5) is 8.78 Å². The minimum absolute atomic E-state index is 0.0452. The Kier molecular flexibility index (Phi) is 4.95. The molecule has 134 valence electrons. The SMILES string of the molecule is [B]C([B])(Oc1cccn2c(C(=O)OCC)c(C)nc12)c1c(F)cccc1F. The summed E-state index contributed by atoms with van der Waals surface area (Å²) in [5, 5.41) is -2.30. The molecular formula is C18H14B2F2N2O3. The van der Waals surface area contributed by atoms with Crippen molar-refractivity contribution in [2.24, 2.45) is 0 Å². The monoisotopic (exact) mass is 366 g/mol. The molecule has 0 saturated heterocycles. The lowest BCUT2D eigenvalue weighted by Gasteiger charge is -2.29. The van der Waals surface area contributed by atoms with Crippen molar-refractivity contribution in [3.8, 4) is 5.75 Å². The van der Waals surface area contributed by atoms with E-state index in [0.29, 0.717) is 5.69 Å². The number of aryl methyl sites for hydroxylation is 1. The van der Waals surface area contributed by atoms with E-state index in [-0.39, 0.29) is 23.7 Å². The van der Waals surface area contributed by atoms with E-state index in [0.717, 1.165) is 12.1 Å². The van der Waals surface area contributed by atoms with Gasteiger partial charge >= 0.3 is 5.97 Å². The van der Waals surface area contributed by atoms with Crippen molar-refractivity contribution in [1.82, 2.24) is 9.38 Å². The highest BCUT2D eigenvalue weighted by molar-refractivity contribution is 6.39. The van der Waals surface area contributed by atoms with Crippen molar-refractivity contribution in [2.45, 2.75) is 19.2 Å². The summed E-state index contributed by atoms with van der Waals surface area (Å²) in [5.41, 5.74) is 0.172. The molecule has 0 atom stereocenters. The average Bonchev–Trinajstić information content (AvgIpc) is 2.91. The van der Waals surface area contributed by atoms with E-state index >= 15 is 0 Å². The Balaban J connectivity index is 2.08. The van der Waals surface area contributed by atoms with Crippen molar-refractivity contribution in [3.63, 3.8) is 0 Å². The maximum Gasteiger partial charge on any atom is 0.357 e. The van der Waals surface area contributed by atoms with Gasteiger partial charge in [-0.3, -0.25) is 4.40 Å². The van der Waals surface area contributed by atoms with Gasteiger partial charge < -0.3 is 9.47 Å². The van der Waals surface area contributed by atoms with Crippen LogP contribution in [0.15, 0.2) is 36.5 Å². The van der Waals surface area contributed by atoms with E-state index in [1.165, 1.54) is 16.5 Å². The van der Waals surface area contributed by atoms with Gasteiger partial charge in [-0.25, -0.2) is 18.6 Å². The average molecular weight is 366 g/mol. The Morgan fingerprint density at radius 3 is 2.52 bits per heavy atom. The van der Waals surface area contributed by atoms with Crippen LogP contribution in [-0.2, 0) is 10.1 Å². The highest BCUT2D eigenvalue weighted by Gasteiger charge is 2.30. The number of benzene rings is 1. The third-order valence-electron chi connectivity index (χ3n) is 3.89. The largest absolute Gasteiger partial charge is 0.498 e. The van der Waals surface area contributed by atoms with Gasteiger partial charge in [-0.2, -0.15) is 0 Å². The molecule has 0 aliphatic carbocycles. The fourth-order valence-corrected chi connectivity index (χ4v) is 2.79. The van der Waals surface area contributed by atoms with Crippen LogP contribution in [-0.4, -0.2) is 37.7 Å². The van der Waals surface area contributed by atoms with Gasteiger partial charge in [-0.15, -0.1) is 0 Å². The first-order chi connectivity index (χ1) is 12.8. The van der Waals surface area contributed by atoms with Crippen LogP contribution in [0.5, 0.6) is 5.75 Å². The van der Waals surface area contributed by atoms with Gasteiger partial charge in [0, 0.05) is 11.8 Å². The lowest BCUT2D eigenvalue weighted by molar-refractivity contribution is 0.0517. The standard InChI is InChI=1S/C18H14B2F2N2O3/c1-3-26-17(25)15-10(2)23-16-13(8-5-9-24(15)16)27-18(19,20)14-11(21)6-4-7-12(14)22/h4-9H,3H2,1-2H3. The Labute approximate surface area is 157 Å². The topological polar surface area (TPSA) is 52.8 Å². The molecule has 2 aromatic heterocycles. The number of ether oxygens (including phenoxy) is 2. The van der Waals surface area contributed by atoms with Crippen LogP contribution in [0.25, 0.3) is 5.65 Å². The highest BCUT2D eigenvalue weighted by Crippen LogP contribution is 2.30. The van der Waals surface area contributed by atoms with Crippen molar-refractivity contribution in [2.75, 3.05) is 6.61 Å². The van der Waals surface area contributed by atoms with E-state index in [2.05, 4.69) is 4.98 Å². The molecule has 0 amide bonds. The first-order valence-corrected chi connectivity index (χ1v) is 8.12. The van der Waals surface area contributed by atoms with Gasteiger partial charge in [0.15, 0.2) is 17.1 Å². The number of hydrogen-bond donors (Lipinski definition) is 0. The van der Waals surface area contributed by atoms with Gasteiger partial charge in [0.2, 0.25) is 0 Å². The molecule has 0 saturated carbocycles. The number of imidazole rings is 1. The van der Waals surface area contributed by atoms with Crippen molar-refractivity contribution in [1.29, 1.82) is 0 Å². The Bertz CT molecular complexity index is 1000. The molecule has 5 nitrogen and oxygen atoms in total. The predicted octanol–water partition coefficient (Wildman–Crippen LogP) is 2.62. The highest BCUT2D eigenvalue weighted by atomic mass is 19.1. The zero-order valence-corrected chi connectivity index (χ0v) is 14.7. The molecule has 0 N–H and O–H groups in total. The summed E-state index contributed by atoms with van der Waals surface area (Å²) in [6.07, 6.45) is 1.58. The Morgan fingerprint density at radius 1 is 1.22 bits per heavy atom. The second kappa shape index (κ2) is 7.06. The molecule has 27 heavy (non-hydrogen) atoms. The molecule has 0 bridgehead atoms. The molecule has 1 aromatic carbocycles. The van der Waals surface area contributed by atoms with Crippen molar-refractivity contribution in [3.05, 3.63) is 65.1 Å². The fourth-order valence-electron chi connectivity index (χ4n) is 2.79. The van der Waals surface area contributed by atoms with Crippen LogP contribution < -0.4 is 4.74 Å². The lowest BCUT2D eigenvalue weighted by Crippen LogP contribution is -2.36. The number of halogens is 2. The summed E-state index contributed by atoms with van der Waals surface area (Å²) in [5.74, 6) is -2.41. The minimum Gasteiger partial charge on any atom is -0.498 e. The summed E-state index contributed by atoms with van der Waals surface area (Å²) in [6.45, 7) is 3.51. The van der Waals surface area contributed by atoms with Crippen molar-refractivity contribution >= 4 is 27.3 Å². The van der Waals surface area contributed by atoms with E-state index < -0.39 is 28.6 Å². The normalized spacial score (nSPS) is 11.6. The number of hydrogen-bond acceptors (Lipinski definition) is 4. The number of esters is 1. The van der Waals surface area contributed by atoms with Crippen LogP contribution in [0, 0.1) is 18.6 Å². The molecule has 3 aromatic rings. The number of pyridine rings is 1. The third-order valence-corrected chi connectivity index (χ3v) is 3.89. The predicted molar refractivity (Wildman–Crippen MR) is 96.1 cm³/mol. The summed E-state index contributed by atoms with van der Waals surface area (Å²) >= 11 is 0. The Morgan fingerprint density at radius 2 is 1.89 bits per heavy atom. The van der Waals surface area contributed by atoms with Crippen LogP contribution in [0.2, 0.25) is 0 Å². The molecule has 4 radical (unpaired) electrons. The number of carbonyl (C=O) groups is 1. The van der Waals surface area contributed by atoms with Gasteiger partial charge in [-0.1, -0.05) is 6.07 Å². The second-order valence-electron chi connectivity index (χ2n) is 5.82. The minimum atomic E-state index is -2.30. The molecule has 3 rings (SSSR count). The molecule has 0 spiro atoms. The molecule has 0 aliphatic rings. The van der Waals surface area contributed by atoms with Crippen LogP contribution >= 0.6 is 0 Å². The molecular weight excluding hydrogens is 352 g/mol. The van der Waals surface area contributed by atoms with Gasteiger partial charge in [0.25, 0.3) is 0 Å².